The van der Waals surface area contributed by atoms with Crippen LogP contribution in [0.15, 0.2) is 54.2 Å². The Labute approximate surface area is 152 Å². The molecule has 7 nitrogen and oxygen atoms in total. The van der Waals surface area contributed by atoms with Crippen molar-refractivity contribution in [3.63, 3.8) is 0 Å². The van der Waals surface area contributed by atoms with Crippen LogP contribution in [0.5, 0.6) is 0 Å². The molecule has 1 aliphatic rings. The first-order valence-corrected chi connectivity index (χ1v) is 9.99. The highest BCUT2D eigenvalue weighted by Crippen LogP contribution is 2.14. The van der Waals surface area contributed by atoms with Crippen LogP contribution in [0.1, 0.15) is 0 Å². The number of sulfonamides is 1. The fraction of sp³-hybridized carbons (Fsp3) is 0.375. The minimum Gasteiger partial charge on any atom is -0.314 e. The van der Waals surface area contributed by atoms with Crippen LogP contribution in [-0.2, 0) is 23.2 Å². The number of nitrogens with one attached hydrogen (secondary N) is 1. The zero-order valence-corrected chi connectivity index (χ0v) is 15.5. The molecule has 3 rings (SSSR count). The number of aromatic nitrogens is 3. The van der Waals surface area contributed by atoms with Gasteiger partial charge in [-0.2, -0.15) is 14.1 Å². The molecule has 0 radical (unpaired) electrons. The second-order valence-electron chi connectivity index (χ2n) is 5.98. The molecule has 1 fully saturated rings. The minimum absolute atomic E-state index is 0.351. The van der Waals surface area contributed by atoms with Crippen molar-refractivity contribution in [3.05, 3.63) is 54.1 Å². The molecule has 0 unspecified atom stereocenters. The first-order valence-electron chi connectivity index (χ1n) is 8.14. The zero-order chi connectivity index (χ0) is 17.9. The van der Waals surface area contributed by atoms with Crippen LogP contribution >= 0.6 is 12.2 Å². The molecule has 1 aliphatic heterocycles. The van der Waals surface area contributed by atoms with Gasteiger partial charge in [-0.15, -0.1) is 6.58 Å². The monoisotopic (exact) mass is 380 g/mol. The first-order chi connectivity index (χ1) is 12.0. The van der Waals surface area contributed by atoms with Crippen LogP contribution in [0, 0.1) is 4.77 Å². The van der Waals surface area contributed by atoms with E-state index in [2.05, 4.69) is 11.7 Å². The van der Waals surface area contributed by atoms with Crippen LogP contribution in [0.2, 0.25) is 0 Å². The summed E-state index contributed by atoms with van der Waals surface area (Å²) in [6.45, 7) is 7.42. The Balaban J connectivity index is 1.63. The highest BCUT2D eigenvalue weighted by atomic mass is 32.2. The molecule has 0 spiro atoms. The van der Waals surface area contributed by atoms with E-state index in [4.69, 9.17) is 12.2 Å². The van der Waals surface area contributed by atoms with Gasteiger partial charge in [0.2, 0.25) is 14.8 Å². The van der Waals surface area contributed by atoms with E-state index in [9.17, 15) is 8.42 Å². The van der Waals surface area contributed by atoms with Crippen LogP contribution in [0.25, 0.3) is 0 Å². The molecule has 2 heterocycles. The van der Waals surface area contributed by atoms with Crippen molar-refractivity contribution < 1.29 is 13.3 Å². The molecule has 1 saturated heterocycles. The lowest BCUT2D eigenvalue weighted by Crippen LogP contribution is -3.14. The van der Waals surface area contributed by atoms with Gasteiger partial charge in [-0.25, -0.2) is 8.42 Å². The van der Waals surface area contributed by atoms with Crippen molar-refractivity contribution in [2.75, 3.05) is 26.2 Å². The van der Waals surface area contributed by atoms with E-state index in [0.29, 0.717) is 36.0 Å². The predicted octanol–water partition coefficient (Wildman–Crippen LogP) is 0.147. The molecule has 0 aliphatic carbocycles. The van der Waals surface area contributed by atoms with E-state index in [0.717, 1.165) is 13.1 Å². The predicted molar refractivity (Wildman–Crippen MR) is 97.1 cm³/mol. The topological polar surface area (TPSA) is 64.6 Å². The molecule has 1 aromatic carbocycles. The van der Waals surface area contributed by atoms with Crippen LogP contribution in [-0.4, -0.2) is 53.2 Å². The van der Waals surface area contributed by atoms with Gasteiger partial charge in [0.15, 0.2) is 6.67 Å². The third-order valence-electron chi connectivity index (χ3n) is 4.31. The van der Waals surface area contributed by atoms with Crippen molar-refractivity contribution in [2.24, 2.45) is 0 Å². The molecule has 0 saturated carbocycles. The Kier molecular flexibility index (Phi) is 5.48. The van der Waals surface area contributed by atoms with Gasteiger partial charge >= 0.3 is 0 Å². The molecule has 0 bridgehead atoms. The molecule has 25 heavy (non-hydrogen) atoms. The Hall–Kier alpha value is -1.81. The molecule has 2 aromatic rings. The number of nitrogens with zero attached hydrogens (tertiary/aromatic N) is 4. The minimum atomic E-state index is -3.41. The van der Waals surface area contributed by atoms with Crippen molar-refractivity contribution in [3.8, 4) is 0 Å². The SMILES string of the molecule is C=CCn1cnn(C[NH+]2CCN(S(=O)(=O)c3ccccc3)CC2)c1=S. The Morgan fingerprint density at radius 1 is 1.24 bits per heavy atom. The van der Waals surface area contributed by atoms with Crippen LogP contribution in [0.3, 0.4) is 0 Å². The smallest absolute Gasteiger partial charge is 0.243 e. The van der Waals surface area contributed by atoms with Crippen molar-refractivity contribution in [1.82, 2.24) is 18.7 Å². The number of piperazine rings is 1. The lowest BCUT2D eigenvalue weighted by atomic mass is 10.4. The Bertz CT molecular complexity index is 881. The van der Waals surface area contributed by atoms with Gasteiger partial charge in [-0.05, 0) is 24.4 Å². The average molecular weight is 381 g/mol. The summed E-state index contributed by atoms with van der Waals surface area (Å²) in [5.74, 6) is 0. The van der Waals surface area contributed by atoms with E-state index in [1.807, 2.05) is 10.6 Å². The van der Waals surface area contributed by atoms with Gasteiger partial charge in [0, 0.05) is 6.54 Å². The standard InChI is InChI=1S/C16H21N5O2S2/c1-2-8-19-13-17-21(16(19)24)14-18-9-11-20(12-10-18)25(22,23)15-6-4-3-5-7-15/h2-7,13H,1,8-12,14H2/p+1. The number of benzene rings is 1. The summed E-state index contributed by atoms with van der Waals surface area (Å²) >= 11 is 5.40. The summed E-state index contributed by atoms with van der Waals surface area (Å²) in [7, 11) is -3.41. The maximum Gasteiger partial charge on any atom is 0.243 e. The average Bonchev–Trinajstić information content (AvgIpc) is 2.97. The summed E-state index contributed by atoms with van der Waals surface area (Å²) in [6, 6.07) is 8.59. The molecule has 0 atom stereocenters. The number of allylic oxidation sites excluding steroid dienone is 1. The Morgan fingerprint density at radius 2 is 1.92 bits per heavy atom. The highest BCUT2D eigenvalue weighted by Gasteiger charge is 2.30. The fourth-order valence-electron chi connectivity index (χ4n) is 2.90. The van der Waals surface area contributed by atoms with Crippen molar-refractivity contribution in [2.45, 2.75) is 18.1 Å². The van der Waals surface area contributed by atoms with Gasteiger partial charge in [0.05, 0.1) is 31.1 Å². The Morgan fingerprint density at radius 3 is 2.56 bits per heavy atom. The number of hydrogen-bond donors (Lipinski definition) is 1. The largest absolute Gasteiger partial charge is 0.314 e. The lowest BCUT2D eigenvalue weighted by molar-refractivity contribution is -0.926. The van der Waals surface area contributed by atoms with E-state index in [-0.39, 0.29) is 0 Å². The van der Waals surface area contributed by atoms with Crippen molar-refractivity contribution in [1.29, 1.82) is 0 Å². The molecule has 1 aromatic heterocycles. The third kappa shape index (κ3) is 3.90. The normalized spacial score (nSPS) is 16.8. The molecular formula is C16H22N5O2S2+. The van der Waals surface area contributed by atoms with E-state index in [1.54, 1.807) is 45.7 Å². The third-order valence-corrected chi connectivity index (χ3v) is 6.66. The number of hydrogen-bond acceptors (Lipinski definition) is 4. The summed E-state index contributed by atoms with van der Waals surface area (Å²) in [5.41, 5.74) is 0. The van der Waals surface area contributed by atoms with E-state index in [1.165, 1.54) is 4.90 Å². The molecule has 9 heteroatoms. The quantitative estimate of drug-likeness (QED) is 0.572. The van der Waals surface area contributed by atoms with Gasteiger partial charge in [0.25, 0.3) is 0 Å². The molecule has 134 valence electrons. The van der Waals surface area contributed by atoms with Crippen molar-refractivity contribution >= 4 is 22.2 Å². The lowest BCUT2D eigenvalue weighted by Gasteiger charge is -2.31. The fourth-order valence-corrected chi connectivity index (χ4v) is 4.59. The summed E-state index contributed by atoms with van der Waals surface area (Å²) in [5, 5.41) is 4.32. The zero-order valence-electron chi connectivity index (χ0n) is 13.9. The van der Waals surface area contributed by atoms with Crippen LogP contribution in [0.4, 0.5) is 0 Å². The molecular weight excluding hydrogens is 358 g/mol. The number of rotatable bonds is 6. The highest BCUT2D eigenvalue weighted by molar-refractivity contribution is 7.89. The molecule has 0 amide bonds. The maximum absolute atomic E-state index is 12.7. The molecule has 1 N–H and O–H groups in total. The van der Waals surface area contributed by atoms with Gasteiger partial charge in [0.1, 0.15) is 6.33 Å². The summed E-state index contributed by atoms with van der Waals surface area (Å²) in [6.07, 6.45) is 3.49. The summed E-state index contributed by atoms with van der Waals surface area (Å²) < 4.78 is 31.2. The van der Waals surface area contributed by atoms with Gasteiger partial charge in [-0.1, -0.05) is 24.3 Å². The summed E-state index contributed by atoms with van der Waals surface area (Å²) in [4.78, 5) is 1.61. The maximum atomic E-state index is 12.7. The number of quaternary nitrogens is 1. The second kappa shape index (κ2) is 7.61. The first kappa shape index (κ1) is 18.0. The second-order valence-corrected chi connectivity index (χ2v) is 8.28. The van der Waals surface area contributed by atoms with E-state index < -0.39 is 10.0 Å². The van der Waals surface area contributed by atoms with Gasteiger partial charge in [-0.3, -0.25) is 0 Å². The van der Waals surface area contributed by atoms with Crippen LogP contribution < -0.4 is 4.90 Å². The van der Waals surface area contributed by atoms with Gasteiger partial charge < -0.3 is 9.47 Å². The van der Waals surface area contributed by atoms with E-state index >= 15 is 0 Å².